The molecule has 2 rings (SSSR count). The van der Waals surface area contributed by atoms with Gasteiger partial charge in [0.25, 0.3) is 11.7 Å². The molecule has 84 valence electrons. The van der Waals surface area contributed by atoms with Crippen LogP contribution in [0.25, 0.3) is 0 Å². The zero-order valence-electron chi connectivity index (χ0n) is 10.00. The molecule has 1 aromatic rings. The Morgan fingerprint density at radius 2 is 1.75 bits per heavy atom. The molecule has 0 spiro atoms. The van der Waals surface area contributed by atoms with Crippen molar-refractivity contribution in [1.29, 1.82) is 0 Å². The second kappa shape index (κ2) is 3.17. The van der Waals surface area contributed by atoms with E-state index in [1.807, 2.05) is 39.8 Å². The summed E-state index contributed by atoms with van der Waals surface area (Å²) in [5, 5.41) is 0. The summed E-state index contributed by atoms with van der Waals surface area (Å²) in [5.41, 5.74) is 1.89. The van der Waals surface area contributed by atoms with Crippen molar-refractivity contribution in [1.82, 2.24) is 0 Å². The maximum Gasteiger partial charge on any atom is 0.299 e. The van der Waals surface area contributed by atoms with Gasteiger partial charge in [0.05, 0.1) is 11.3 Å². The number of hydrogen-bond acceptors (Lipinski definition) is 2. The van der Waals surface area contributed by atoms with E-state index in [4.69, 9.17) is 0 Å². The van der Waals surface area contributed by atoms with Gasteiger partial charge in [-0.25, -0.2) is 0 Å². The maximum atomic E-state index is 11.9. The van der Waals surface area contributed by atoms with Crippen LogP contribution in [0.4, 0.5) is 5.69 Å². The first-order valence-electron chi connectivity index (χ1n) is 5.32. The first-order chi connectivity index (χ1) is 7.34. The summed E-state index contributed by atoms with van der Waals surface area (Å²) in [6.45, 7) is 7.71. The highest BCUT2D eigenvalue weighted by molar-refractivity contribution is 6.52. The summed E-state index contributed by atoms with van der Waals surface area (Å²) < 4.78 is 0. The molecule has 1 heterocycles. The molecule has 0 fully saturated rings. The molecule has 1 aliphatic rings. The van der Waals surface area contributed by atoms with Gasteiger partial charge in [-0.05, 0) is 39.3 Å². The maximum absolute atomic E-state index is 11.9. The smallest absolute Gasteiger partial charge is 0.299 e. The summed E-state index contributed by atoms with van der Waals surface area (Å²) in [4.78, 5) is 25.3. The number of Topliss-reactive ketones (excluding diaryl/α,β-unsaturated/α-hetero) is 1. The van der Waals surface area contributed by atoms with E-state index in [2.05, 4.69) is 0 Å². The minimum atomic E-state index is -0.420. The van der Waals surface area contributed by atoms with Gasteiger partial charge < -0.3 is 0 Å². The van der Waals surface area contributed by atoms with Crippen LogP contribution >= 0.6 is 0 Å². The molecule has 0 saturated carbocycles. The molecule has 0 radical (unpaired) electrons. The van der Waals surface area contributed by atoms with E-state index in [0.29, 0.717) is 5.56 Å². The van der Waals surface area contributed by atoms with Gasteiger partial charge in [-0.1, -0.05) is 12.1 Å². The minimum absolute atomic E-state index is 0.371. The Balaban J connectivity index is 2.70. The Kier molecular flexibility index (Phi) is 2.15. The number of para-hydroxylation sites is 1. The first-order valence-corrected chi connectivity index (χ1v) is 5.32. The number of ketones is 1. The highest BCUT2D eigenvalue weighted by Gasteiger charge is 2.42. The molecular weight excluding hydrogens is 202 g/mol. The van der Waals surface area contributed by atoms with Gasteiger partial charge in [0.2, 0.25) is 0 Å². The number of carbonyl (C=O) groups excluding carboxylic acids is 2. The summed E-state index contributed by atoms with van der Waals surface area (Å²) in [7, 11) is 0. The predicted molar refractivity (Wildman–Crippen MR) is 62.7 cm³/mol. The highest BCUT2D eigenvalue weighted by Crippen LogP contribution is 2.36. The van der Waals surface area contributed by atoms with Crippen LogP contribution in [0.5, 0.6) is 0 Å². The average Bonchev–Trinajstić information content (AvgIpc) is 2.42. The number of hydrogen-bond donors (Lipinski definition) is 0. The molecule has 1 aliphatic heterocycles. The van der Waals surface area contributed by atoms with Crippen LogP contribution in [0.15, 0.2) is 18.2 Å². The lowest BCUT2D eigenvalue weighted by atomic mass is 10.0. The van der Waals surface area contributed by atoms with E-state index in [1.54, 1.807) is 11.0 Å². The third-order valence-corrected chi connectivity index (χ3v) is 2.77. The Bertz CT molecular complexity index is 483. The Labute approximate surface area is 95.1 Å². The molecule has 1 amide bonds. The Hall–Kier alpha value is -1.64. The summed E-state index contributed by atoms with van der Waals surface area (Å²) >= 11 is 0. The fraction of sp³-hybridized carbons (Fsp3) is 0.385. The van der Waals surface area contributed by atoms with Gasteiger partial charge in [0.15, 0.2) is 0 Å². The van der Waals surface area contributed by atoms with Crippen LogP contribution in [0, 0.1) is 6.92 Å². The lowest BCUT2D eigenvalue weighted by Crippen LogP contribution is -2.45. The van der Waals surface area contributed by atoms with Crippen LogP contribution in [-0.4, -0.2) is 17.2 Å². The molecule has 0 aromatic heterocycles. The van der Waals surface area contributed by atoms with Gasteiger partial charge in [-0.15, -0.1) is 0 Å². The van der Waals surface area contributed by atoms with Gasteiger partial charge in [0.1, 0.15) is 0 Å². The zero-order chi connectivity index (χ0) is 12.1. The lowest BCUT2D eigenvalue weighted by Gasteiger charge is -2.32. The van der Waals surface area contributed by atoms with Crippen molar-refractivity contribution in [3.05, 3.63) is 29.3 Å². The quantitative estimate of drug-likeness (QED) is 0.625. The van der Waals surface area contributed by atoms with Crippen molar-refractivity contribution < 1.29 is 9.59 Å². The number of fused-ring (bicyclic) bond motifs is 1. The molecule has 1 aromatic carbocycles. The molecule has 0 atom stereocenters. The van der Waals surface area contributed by atoms with Gasteiger partial charge >= 0.3 is 0 Å². The summed E-state index contributed by atoms with van der Waals surface area (Å²) in [6.07, 6.45) is 0. The Morgan fingerprint density at radius 3 is 2.31 bits per heavy atom. The van der Waals surface area contributed by atoms with E-state index < -0.39 is 11.7 Å². The van der Waals surface area contributed by atoms with Crippen molar-refractivity contribution in [2.75, 3.05) is 4.90 Å². The number of aryl methyl sites for hydroxylation is 1. The fourth-order valence-electron chi connectivity index (χ4n) is 2.10. The molecule has 3 nitrogen and oxygen atoms in total. The minimum Gasteiger partial charge on any atom is -0.299 e. The molecule has 3 heteroatoms. The number of nitrogens with zero attached hydrogens (tertiary/aromatic N) is 1. The molecule has 0 bridgehead atoms. The number of carbonyl (C=O) groups is 2. The standard InChI is InChI=1S/C13H15NO2/c1-8-6-5-7-9-10(8)14(13(2,3)4)12(16)11(9)15/h5-7H,1-4H3. The predicted octanol–water partition coefficient (Wildman–Crippen LogP) is 2.32. The molecule has 16 heavy (non-hydrogen) atoms. The molecule has 0 saturated heterocycles. The SMILES string of the molecule is Cc1cccc2c1N(C(C)(C)C)C(=O)C2=O. The largest absolute Gasteiger partial charge is 0.299 e. The summed E-state index contributed by atoms with van der Waals surface area (Å²) in [5.74, 6) is -0.814. The molecule has 0 aliphatic carbocycles. The highest BCUT2D eigenvalue weighted by atomic mass is 16.2. The van der Waals surface area contributed by atoms with E-state index in [1.165, 1.54) is 0 Å². The van der Waals surface area contributed by atoms with Crippen molar-refractivity contribution >= 4 is 17.4 Å². The fourth-order valence-corrected chi connectivity index (χ4v) is 2.10. The second-order valence-electron chi connectivity index (χ2n) is 5.11. The van der Waals surface area contributed by atoms with Crippen LogP contribution in [0.3, 0.4) is 0 Å². The van der Waals surface area contributed by atoms with Gasteiger partial charge in [-0.2, -0.15) is 0 Å². The third kappa shape index (κ3) is 1.35. The van der Waals surface area contributed by atoms with Crippen LogP contribution in [-0.2, 0) is 4.79 Å². The van der Waals surface area contributed by atoms with Crippen molar-refractivity contribution in [2.45, 2.75) is 33.2 Å². The van der Waals surface area contributed by atoms with E-state index >= 15 is 0 Å². The van der Waals surface area contributed by atoms with Crippen molar-refractivity contribution in [2.24, 2.45) is 0 Å². The van der Waals surface area contributed by atoms with Gasteiger partial charge in [0, 0.05) is 5.54 Å². The lowest BCUT2D eigenvalue weighted by molar-refractivity contribution is -0.115. The second-order valence-corrected chi connectivity index (χ2v) is 5.11. The van der Waals surface area contributed by atoms with Crippen LogP contribution in [0.1, 0.15) is 36.7 Å². The topological polar surface area (TPSA) is 37.4 Å². The van der Waals surface area contributed by atoms with E-state index in [-0.39, 0.29) is 5.54 Å². The number of anilines is 1. The van der Waals surface area contributed by atoms with Gasteiger partial charge in [-0.3, -0.25) is 14.5 Å². The third-order valence-electron chi connectivity index (χ3n) is 2.77. The molecule has 0 N–H and O–H groups in total. The van der Waals surface area contributed by atoms with Crippen molar-refractivity contribution in [3.8, 4) is 0 Å². The normalized spacial score (nSPS) is 15.6. The Morgan fingerprint density at radius 1 is 1.12 bits per heavy atom. The molecule has 0 unspecified atom stereocenters. The van der Waals surface area contributed by atoms with Crippen molar-refractivity contribution in [3.63, 3.8) is 0 Å². The van der Waals surface area contributed by atoms with E-state index in [0.717, 1.165) is 11.3 Å². The summed E-state index contributed by atoms with van der Waals surface area (Å²) in [6, 6.07) is 5.45. The monoisotopic (exact) mass is 217 g/mol. The first kappa shape index (κ1) is 10.9. The van der Waals surface area contributed by atoms with Crippen LogP contribution in [0.2, 0.25) is 0 Å². The zero-order valence-corrected chi connectivity index (χ0v) is 10.00. The average molecular weight is 217 g/mol. The molecular formula is C13H15NO2. The number of rotatable bonds is 0. The van der Waals surface area contributed by atoms with Crippen LogP contribution < -0.4 is 4.90 Å². The number of benzene rings is 1. The number of amides is 1. The van der Waals surface area contributed by atoms with E-state index in [9.17, 15) is 9.59 Å².